The number of ether oxygens (including phenoxy) is 1. The normalized spacial score (nSPS) is 22.8. The van der Waals surface area contributed by atoms with Gasteiger partial charge in [0, 0.05) is 38.8 Å². The molecule has 2 aliphatic rings. The molecule has 168 valence electrons. The Balaban J connectivity index is 1.66. The lowest BCUT2D eigenvalue weighted by molar-refractivity contribution is 0.116. The fourth-order valence-corrected chi connectivity index (χ4v) is 4.37. The molecule has 2 N–H and O–H groups in total. The minimum Gasteiger partial charge on any atom is -0.497 e. The van der Waals surface area contributed by atoms with Gasteiger partial charge in [-0.3, -0.25) is 14.8 Å². The molecule has 7 heteroatoms. The molecular weight excluding hydrogens is 376 g/mol. The summed E-state index contributed by atoms with van der Waals surface area (Å²) < 4.78 is 5.34. The van der Waals surface area contributed by atoms with Crippen molar-refractivity contribution in [3.63, 3.8) is 0 Å². The first kappa shape index (κ1) is 22.8. The van der Waals surface area contributed by atoms with E-state index in [1.807, 2.05) is 0 Å². The van der Waals surface area contributed by atoms with Crippen LogP contribution in [0.15, 0.2) is 29.3 Å². The van der Waals surface area contributed by atoms with Crippen LogP contribution in [0, 0.1) is 0 Å². The molecule has 0 radical (unpaired) electrons. The summed E-state index contributed by atoms with van der Waals surface area (Å²) in [7, 11) is 6.14. The zero-order valence-corrected chi connectivity index (χ0v) is 19.2. The van der Waals surface area contributed by atoms with Crippen LogP contribution in [-0.4, -0.2) is 100 Å². The molecule has 2 saturated heterocycles. The van der Waals surface area contributed by atoms with E-state index in [1.165, 1.54) is 18.4 Å². The van der Waals surface area contributed by atoms with Crippen molar-refractivity contribution < 1.29 is 4.74 Å². The van der Waals surface area contributed by atoms with Gasteiger partial charge in [0.1, 0.15) is 5.75 Å². The molecule has 1 aromatic carbocycles. The molecule has 1 aromatic rings. The van der Waals surface area contributed by atoms with E-state index < -0.39 is 0 Å². The van der Waals surface area contributed by atoms with Gasteiger partial charge in [-0.05, 0) is 64.6 Å². The number of benzene rings is 1. The number of piperazine rings is 1. The van der Waals surface area contributed by atoms with Crippen molar-refractivity contribution in [3.05, 3.63) is 29.8 Å². The molecule has 0 amide bonds. The third kappa shape index (κ3) is 6.33. The molecule has 7 nitrogen and oxygen atoms in total. The zero-order valence-electron chi connectivity index (χ0n) is 19.2. The highest BCUT2D eigenvalue weighted by Gasteiger charge is 2.24. The van der Waals surface area contributed by atoms with E-state index in [-0.39, 0.29) is 0 Å². The first-order chi connectivity index (χ1) is 14.6. The predicted octanol–water partition coefficient (Wildman–Crippen LogP) is 1.63. The quantitative estimate of drug-likeness (QED) is 0.496. The first-order valence-corrected chi connectivity index (χ1v) is 11.4. The van der Waals surface area contributed by atoms with Crippen LogP contribution in [0.25, 0.3) is 0 Å². The third-order valence-corrected chi connectivity index (χ3v) is 6.33. The van der Waals surface area contributed by atoms with E-state index in [1.54, 1.807) is 7.11 Å². The highest BCUT2D eigenvalue weighted by Crippen LogP contribution is 2.27. The maximum atomic E-state index is 5.34. The fourth-order valence-electron chi connectivity index (χ4n) is 4.37. The highest BCUT2D eigenvalue weighted by molar-refractivity contribution is 5.79. The van der Waals surface area contributed by atoms with E-state index in [0.29, 0.717) is 12.1 Å². The number of likely N-dealkylation sites (N-methyl/N-ethyl adjacent to an activating group) is 2. The van der Waals surface area contributed by atoms with Gasteiger partial charge in [-0.2, -0.15) is 0 Å². The lowest BCUT2D eigenvalue weighted by Crippen LogP contribution is -2.55. The zero-order chi connectivity index (χ0) is 21.3. The van der Waals surface area contributed by atoms with Gasteiger partial charge in [-0.15, -0.1) is 0 Å². The maximum absolute atomic E-state index is 5.34. The van der Waals surface area contributed by atoms with Crippen LogP contribution < -0.4 is 15.4 Å². The standard InChI is InChI=1S/C23H40N6O/c1-5-24-23(25-16-20-18-27(2)14-15-28(20)3)26-17-22(29-12-6-7-13-29)19-8-10-21(30-4)11-9-19/h8-11,20,22H,5-7,12-18H2,1-4H3,(H2,24,25,26). The summed E-state index contributed by atoms with van der Waals surface area (Å²) >= 11 is 0. The number of guanidine groups is 1. The Morgan fingerprint density at radius 1 is 1.10 bits per heavy atom. The van der Waals surface area contributed by atoms with Crippen molar-refractivity contribution in [3.8, 4) is 5.75 Å². The van der Waals surface area contributed by atoms with Gasteiger partial charge in [0.15, 0.2) is 5.96 Å². The molecule has 0 aliphatic carbocycles. The number of rotatable bonds is 8. The van der Waals surface area contributed by atoms with Crippen LogP contribution in [0.4, 0.5) is 0 Å². The van der Waals surface area contributed by atoms with E-state index in [9.17, 15) is 0 Å². The van der Waals surface area contributed by atoms with Crippen molar-refractivity contribution in [2.75, 3.05) is 73.6 Å². The maximum Gasteiger partial charge on any atom is 0.191 e. The largest absolute Gasteiger partial charge is 0.497 e. The molecule has 2 atom stereocenters. The highest BCUT2D eigenvalue weighted by atomic mass is 16.5. The van der Waals surface area contributed by atoms with E-state index in [0.717, 1.165) is 64.1 Å². The third-order valence-electron chi connectivity index (χ3n) is 6.33. The Morgan fingerprint density at radius 2 is 1.83 bits per heavy atom. The Hall–Kier alpha value is -1.83. The number of nitrogens with zero attached hydrogens (tertiary/aromatic N) is 4. The number of likely N-dealkylation sites (tertiary alicyclic amines) is 1. The lowest BCUT2D eigenvalue weighted by Gasteiger charge is -2.38. The second-order valence-electron chi connectivity index (χ2n) is 8.53. The molecule has 2 heterocycles. The molecule has 0 aromatic heterocycles. The SMILES string of the molecule is CCNC(=NCC(c1ccc(OC)cc1)N1CCCC1)NCC1CN(C)CCN1C. The topological polar surface area (TPSA) is 55.4 Å². The van der Waals surface area contributed by atoms with Gasteiger partial charge >= 0.3 is 0 Å². The van der Waals surface area contributed by atoms with E-state index >= 15 is 0 Å². The average Bonchev–Trinajstić information content (AvgIpc) is 3.29. The number of nitrogens with one attached hydrogen (secondary N) is 2. The molecular formula is C23H40N6O. The average molecular weight is 417 g/mol. The summed E-state index contributed by atoms with van der Waals surface area (Å²) in [6.07, 6.45) is 2.55. The molecule has 3 rings (SSSR count). The van der Waals surface area contributed by atoms with Crippen molar-refractivity contribution in [1.82, 2.24) is 25.3 Å². The van der Waals surface area contributed by atoms with Crippen molar-refractivity contribution in [2.45, 2.75) is 31.8 Å². The minimum absolute atomic E-state index is 0.303. The van der Waals surface area contributed by atoms with Gasteiger partial charge in [0.05, 0.1) is 19.7 Å². The monoisotopic (exact) mass is 416 g/mol. The molecule has 30 heavy (non-hydrogen) atoms. The van der Waals surface area contributed by atoms with Gasteiger partial charge in [0.2, 0.25) is 0 Å². The van der Waals surface area contributed by atoms with Crippen LogP contribution >= 0.6 is 0 Å². The summed E-state index contributed by atoms with van der Waals surface area (Å²) in [6.45, 7) is 10.3. The van der Waals surface area contributed by atoms with Gasteiger partial charge in [-0.1, -0.05) is 12.1 Å². The Morgan fingerprint density at radius 3 is 2.50 bits per heavy atom. The number of hydrogen-bond donors (Lipinski definition) is 2. The van der Waals surface area contributed by atoms with Crippen LogP contribution in [0.3, 0.4) is 0 Å². The second-order valence-corrected chi connectivity index (χ2v) is 8.53. The molecule has 0 saturated carbocycles. The molecule has 2 aliphatic heterocycles. The number of aliphatic imine (C=N–C) groups is 1. The Labute approximate surface area is 182 Å². The van der Waals surface area contributed by atoms with Gasteiger partial charge in [0.25, 0.3) is 0 Å². The second kappa shape index (κ2) is 11.5. The molecule has 0 spiro atoms. The minimum atomic E-state index is 0.303. The summed E-state index contributed by atoms with van der Waals surface area (Å²) in [6, 6.07) is 9.29. The number of methoxy groups -OCH3 is 1. The van der Waals surface area contributed by atoms with Crippen molar-refractivity contribution in [2.24, 2.45) is 4.99 Å². The van der Waals surface area contributed by atoms with Crippen molar-refractivity contribution in [1.29, 1.82) is 0 Å². The summed E-state index contributed by atoms with van der Waals surface area (Å²) in [5.74, 6) is 1.82. The number of hydrogen-bond acceptors (Lipinski definition) is 5. The fraction of sp³-hybridized carbons (Fsp3) is 0.696. The van der Waals surface area contributed by atoms with Crippen LogP contribution in [-0.2, 0) is 0 Å². The van der Waals surface area contributed by atoms with E-state index in [4.69, 9.17) is 9.73 Å². The smallest absolute Gasteiger partial charge is 0.191 e. The summed E-state index contributed by atoms with van der Waals surface area (Å²) in [5, 5.41) is 7.02. The van der Waals surface area contributed by atoms with Gasteiger partial charge < -0.3 is 20.3 Å². The van der Waals surface area contributed by atoms with Crippen LogP contribution in [0.1, 0.15) is 31.4 Å². The summed E-state index contributed by atoms with van der Waals surface area (Å²) in [5.41, 5.74) is 1.31. The Bertz CT molecular complexity index is 658. The van der Waals surface area contributed by atoms with Crippen LogP contribution in [0.2, 0.25) is 0 Å². The Kier molecular flexibility index (Phi) is 8.78. The van der Waals surface area contributed by atoms with E-state index in [2.05, 4.69) is 70.6 Å². The summed E-state index contributed by atoms with van der Waals surface area (Å²) in [4.78, 5) is 12.4. The lowest BCUT2D eigenvalue weighted by atomic mass is 10.1. The molecule has 2 unspecified atom stereocenters. The van der Waals surface area contributed by atoms with Crippen LogP contribution in [0.5, 0.6) is 5.75 Å². The molecule has 2 fully saturated rings. The van der Waals surface area contributed by atoms with Gasteiger partial charge in [-0.25, -0.2) is 0 Å². The predicted molar refractivity (Wildman–Crippen MR) is 124 cm³/mol. The van der Waals surface area contributed by atoms with Crippen molar-refractivity contribution >= 4 is 5.96 Å². The first-order valence-electron chi connectivity index (χ1n) is 11.4. The molecule has 0 bridgehead atoms.